The maximum absolute atomic E-state index is 9.67. The van der Waals surface area contributed by atoms with E-state index in [1.165, 1.54) is 4.88 Å². The average molecular weight is 372 g/mol. The number of rotatable bonds is 7. The van der Waals surface area contributed by atoms with Crippen LogP contribution in [-0.2, 0) is 6.54 Å². The molecule has 1 atom stereocenters. The van der Waals surface area contributed by atoms with Crippen molar-refractivity contribution in [1.29, 1.82) is 0 Å². The zero-order chi connectivity index (χ0) is 15.2. The number of aliphatic hydroxyl groups excluding tert-OH is 1. The first-order valence-electron chi connectivity index (χ1n) is 6.47. The minimum Gasteiger partial charge on any atom is -0.493 e. The molecule has 1 aromatic heterocycles. The molecular formula is C15H18BrNO3S. The van der Waals surface area contributed by atoms with Crippen LogP contribution in [-0.4, -0.2) is 25.9 Å². The molecule has 2 rings (SSSR count). The van der Waals surface area contributed by atoms with Crippen LogP contribution < -0.4 is 14.8 Å². The lowest BCUT2D eigenvalue weighted by Gasteiger charge is -2.20. The number of benzene rings is 1. The lowest BCUT2D eigenvalue weighted by molar-refractivity contribution is 0.243. The molecule has 1 heterocycles. The number of thiophene rings is 1. The molecule has 0 radical (unpaired) electrons. The standard InChI is InChI=1S/C15H18BrNO3S/c1-19-14-6-11(12(16)7-15(14)20-2)13(9-18)17-8-10-4-3-5-21-10/h3-7,13,17-18H,8-9H2,1-2H3. The van der Waals surface area contributed by atoms with Crippen molar-refractivity contribution in [1.82, 2.24) is 5.32 Å². The van der Waals surface area contributed by atoms with Crippen LogP contribution in [0.3, 0.4) is 0 Å². The van der Waals surface area contributed by atoms with E-state index in [1.807, 2.05) is 23.6 Å². The monoisotopic (exact) mass is 371 g/mol. The van der Waals surface area contributed by atoms with Gasteiger partial charge in [0.25, 0.3) is 0 Å². The summed E-state index contributed by atoms with van der Waals surface area (Å²) in [6, 6.07) is 7.63. The number of hydrogen-bond acceptors (Lipinski definition) is 5. The van der Waals surface area contributed by atoms with Gasteiger partial charge < -0.3 is 19.9 Å². The summed E-state index contributed by atoms with van der Waals surface area (Å²) in [4.78, 5) is 1.23. The van der Waals surface area contributed by atoms with Crippen molar-refractivity contribution in [2.24, 2.45) is 0 Å². The highest BCUT2D eigenvalue weighted by Crippen LogP contribution is 2.36. The van der Waals surface area contributed by atoms with Gasteiger partial charge in [0.2, 0.25) is 0 Å². The summed E-state index contributed by atoms with van der Waals surface area (Å²) in [5, 5.41) is 15.1. The van der Waals surface area contributed by atoms with Gasteiger partial charge in [-0.05, 0) is 29.1 Å². The summed E-state index contributed by atoms with van der Waals surface area (Å²) in [5.41, 5.74) is 0.937. The molecule has 0 spiro atoms. The van der Waals surface area contributed by atoms with Crippen LogP contribution in [0.1, 0.15) is 16.5 Å². The van der Waals surface area contributed by atoms with Crippen LogP contribution in [0.2, 0.25) is 0 Å². The van der Waals surface area contributed by atoms with Gasteiger partial charge in [-0.2, -0.15) is 0 Å². The molecule has 4 nitrogen and oxygen atoms in total. The third kappa shape index (κ3) is 3.97. The lowest BCUT2D eigenvalue weighted by Crippen LogP contribution is -2.24. The Hall–Kier alpha value is -1.08. The van der Waals surface area contributed by atoms with E-state index in [2.05, 4.69) is 27.3 Å². The van der Waals surface area contributed by atoms with Gasteiger partial charge in [0.1, 0.15) is 0 Å². The van der Waals surface area contributed by atoms with Gasteiger partial charge in [-0.15, -0.1) is 11.3 Å². The van der Waals surface area contributed by atoms with E-state index in [9.17, 15) is 5.11 Å². The Bertz CT molecular complexity index is 575. The number of nitrogens with one attached hydrogen (secondary N) is 1. The third-order valence-corrected chi connectivity index (χ3v) is 4.73. The van der Waals surface area contributed by atoms with Crippen molar-refractivity contribution >= 4 is 27.3 Å². The summed E-state index contributed by atoms with van der Waals surface area (Å²) >= 11 is 5.22. The molecule has 0 saturated carbocycles. The molecule has 2 N–H and O–H groups in total. The fourth-order valence-corrected chi connectivity index (χ4v) is 3.30. The Morgan fingerprint density at radius 3 is 2.57 bits per heavy atom. The predicted octanol–water partition coefficient (Wildman–Crippen LogP) is 3.35. The van der Waals surface area contributed by atoms with Crippen LogP contribution in [0, 0.1) is 0 Å². The van der Waals surface area contributed by atoms with Gasteiger partial charge in [-0.1, -0.05) is 22.0 Å². The third-order valence-electron chi connectivity index (χ3n) is 3.16. The number of aliphatic hydroxyl groups is 1. The molecule has 0 bridgehead atoms. The van der Waals surface area contributed by atoms with Crippen molar-refractivity contribution in [2.75, 3.05) is 20.8 Å². The molecule has 1 aromatic carbocycles. The summed E-state index contributed by atoms with van der Waals surface area (Å²) < 4.78 is 11.5. The number of methoxy groups -OCH3 is 2. The van der Waals surface area contributed by atoms with Crippen molar-refractivity contribution in [2.45, 2.75) is 12.6 Å². The molecule has 0 aliphatic carbocycles. The molecule has 1 unspecified atom stereocenters. The highest BCUT2D eigenvalue weighted by molar-refractivity contribution is 9.10. The first kappa shape index (κ1) is 16.3. The predicted molar refractivity (Wildman–Crippen MR) is 88.2 cm³/mol. The summed E-state index contributed by atoms with van der Waals surface area (Å²) in [5.74, 6) is 1.30. The molecule has 0 aliphatic rings. The first-order valence-corrected chi connectivity index (χ1v) is 8.15. The average Bonchev–Trinajstić information content (AvgIpc) is 3.02. The Morgan fingerprint density at radius 2 is 2.00 bits per heavy atom. The molecule has 0 saturated heterocycles. The summed E-state index contributed by atoms with van der Waals surface area (Å²) in [6.45, 7) is 0.711. The SMILES string of the molecule is COc1cc(Br)c(C(CO)NCc2cccs2)cc1OC. The molecule has 6 heteroatoms. The zero-order valence-corrected chi connectivity index (χ0v) is 14.3. The minimum absolute atomic E-state index is 0.000537. The zero-order valence-electron chi connectivity index (χ0n) is 11.9. The van der Waals surface area contributed by atoms with Gasteiger partial charge >= 0.3 is 0 Å². The van der Waals surface area contributed by atoms with Crippen molar-refractivity contribution in [3.8, 4) is 11.5 Å². The molecule has 0 fully saturated rings. The first-order chi connectivity index (χ1) is 10.2. The van der Waals surface area contributed by atoms with E-state index >= 15 is 0 Å². The number of ether oxygens (including phenoxy) is 2. The molecule has 2 aromatic rings. The van der Waals surface area contributed by atoms with E-state index in [1.54, 1.807) is 25.6 Å². The van der Waals surface area contributed by atoms with E-state index in [0.717, 1.165) is 10.0 Å². The Balaban J connectivity index is 2.20. The fourth-order valence-electron chi connectivity index (χ4n) is 2.05. The maximum atomic E-state index is 9.67. The van der Waals surface area contributed by atoms with Gasteiger partial charge in [0.05, 0.1) is 26.9 Å². The normalized spacial score (nSPS) is 12.2. The molecule has 21 heavy (non-hydrogen) atoms. The second kappa shape index (κ2) is 7.79. The highest BCUT2D eigenvalue weighted by atomic mass is 79.9. The molecule has 114 valence electrons. The van der Waals surface area contributed by atoms with Crippen LogP contribution in [0.4, 0.5) is 0 Å². The topological polar surface area (TPSA) is 50.7 Å². The second-order valence-corrected chi connectivity index (χ2v) is 6.31. The largest absolute Gasteiger partial charge is 0.493 e. The van der Waals surface area contributed by atoms with Crippen LogP contribution in [0.15, 0.2) is 34.1 Å². The van der Waals surface area contributed by atoms with E-state index in [-0.39, 0.29) is 12.6 Å². The van der Waals surface area contributed by atoms with E-state index in [4.69, 9.17) is 9.47 Å². The summed E-state index contributed by atoms with van der Waals surface area (Å²) in [7, 11) is 3.20. The van der Waals surface area contributed by atoms with Crippen molar-refractivity contribution < 1.29 is 14.6 Å². The fraction of sp³-hybridized carbons (Fsp3) is 0.333. The summed E-state index contributed by atoms with van der Waals surface area (Å²) in [6.07, 6.45) is 0. The number of halogens is 1. The van der Waals surface area contributed by atoms with Crippen LogP contribution in [0.5, 0.6) is 11.5 Å². The quantitative estimate of drug-likeness (QED) is 0.783. The van der Waals surface area contributed by atoms with Gasteiger partial charge in [0.15, 0.2) is 11.5 Å². The van der Waals surface area contributed by atoms with E-state index < -0.39 is 0 Å². The molecule has 0 amide bonds. The van der Waals surface area contributed by atoms with Gasteiger partial charge in [-0.25, -0.2) is 0 Å². The van der Waals surface area contributed by atoms with Crippen molar-refractivity contribution in [3.63, 3.8) is 0 Å². The lowest BCUT2D eigenvalue weighted by atomic mass is 10.1. The Labute approximate surface area is 136 Å². The number of hydrogen-bond donors (Lipinski definition) is 2. The van der Waals surface area contributed by atoms with Crippen molar-refractivity contribution in [3.05, 3.63) is 44.6 Å². The maximum Gasteiger partial charge on any atom is 0.161 e. The molecule has 0 aliphatic heterocycles. The molecular weight excluding hydrogens is 354 g/mol. The van der Waals surface area contributed by atoms with Crippen LogP contribution >= 0.6 is 27.3 Å². The Kier molecular flexibility index (Phi) is 6.05. The smallest absolute Gasteiger partial charge is 0.161 e. The van der Waals surface area contributed by atoms with E-state index in [0.29, 0.717) is 18.0 Å². The van der Waals surface area contributed by atoms with Gasteiger partial charge in [0, 0.05) is 15.9 Å². The van der Waals surface area contributed by atoms with Gasteiger partial charge in [-0.3, -0.25) is 0 Å². The highest BCUT2D eigenvalue weighted by Gasteiger charge is 2.17. The minimum atomic E-state index is -0.179. The second-order valence-electron chi connectivity index (χ2n) is 4.42. The Morgan fingerprint density at radius 1 is 1.29 bits per heavy atom. The van der Waals surface area contributed by atoms with Crippen LogP contribution in [0.25, 0.3) is 0 Å².